The van der Waals surface area contributed by atoms with Crippen LogP contribution in [-0.4, -0.2) is 31.3 Å². The summed E-state index contributed by atoms with van der Waals surface area (Å²) < 4.78 is 23.9. The highest BCUT2D eigenvalue weighted by atomic mass is 19.1. The zero-order chi connectivity index (χ0) is 14.5. The number of amides is 1. The van der Waals surface area contributed by atoms with E-state index < -0.39 is 11.9 Å². The van der Waals surface area contributed by atoms with Crippen molar-refractivity contribution in [1.29, 1.82) is 0 Å². The highest BCUT2D eigenvalue weighted by molar-refractivity contribution is 5.94. The summed E-state index contributed by atoms with van der Waals surface area (Å²) in [6, 6.07) is 4.04. The summed E-state index contributed by atoms with van der Waals surface area (Å²) in [4.78, 5) is 11.9. The maximum absolute atomic E-state index is 13.0. The molecule has 2 rings (SSSR count). The number of halogens is 1. The van der Waals surface area contributed by atoms with Gasteiger partial charge in [0.25, 0.3) is 5.91 Å². The summed E-state index contributed by atoms with van der Waals surface area (Å²) in [6.07, 6.45) is 1.46. The number of benzene rings is 1. The van der Waals surface area contributed by atoms with Crippen LogP contribution in [0.3, 0.4) is 0 Å². The number of anilines is 2. The van der Waals surface area contributed by atoms with E-state index in [1.807, 2.05) is 0 Å². The Hall–Kier alpha value is -1.66. The van der Waals surface area contributed by atoms with Crippen molar-refractivity contribution in [1.82, 2.24) is 0 Å². The molecule has 20 heavy (non-hydrogen) atoms. The molecule has 5 nitrogen and oxygen atoms in total. The Morgan fingerprint density at radius 3 is 3.10 bits per heavy atom. The second kappa shape index (κ2) is 6.67. The van der Waals surface area contributed by atoms with Gasteiger partial charge in [-0.05, 0) is 38.0 Å². The van der Waals surface area contributed by atoms with E-state index in [0.29, 0.717) is 12.3 Å². The summed E-state index contributed by atoms with van der Waals surface area (Å²) in [6.45, 7) is 2.82. The van der Waals surface area contributed by atoms with E-state index in [4.69, 9.17) is 15.2 Å². The average Bonchev–Trinajstić information content (AvgIpc) is 2.93. The molecule has 1 saturated heterocycles. The highest BCUT2D eigenvalue weighted by Gasteiger charge is 2.20. The summed E-state index contributed by atoms with van der Waals surface area (Å²) in [5.41, 5.74) is 5.88. The van der Waals surface area contributed by atoms with Gasteiger partial charge >= 0.3 is 0 Å². The third-order valence-corrected chi connectivity index (χ3v) is 3.19. The third-order valence-electron chi connectivity index (χ3n) is 3.19. The predicted molar refractivity (Wildman–Crippen MR) is 73.8 cm³/mol. The number of hydrogen-bond acceptors (Lipinski definition) is 4. The van der Waals surface area contributed by atoms with Gasteiger partial charge in [0.05, 0.1) is 18.4 Å². The number of ether oxygens (including phenoxy) is 2. The van der Waals surface area contributed by atoms with Crippen molar-refractivity contribution in [2.75, 3.05) is 24.3 Å². The van der Waals surface area contributed by atoms with E-state index in [2.05, 4.69) is 5.32 Å². The van der Waals surface area contributed by atoms with Crippen LogP contribution in [0.1, 0.15) is 19.8 Å². The summed E-state index contributed by atoms with van der Waals surface area (Å²) >= 11 is 0. The molecule has 110 valence electrons. The minimum Gasteiger partial charge on any atom is -0.396 e. The van der Waals surface area contributed by atoms with E-state index in [1.165, 1.54) is 18.2 Å². The Labute approximate surface area is 117 Å². The van der Waals surface area contributed by atoms with Crippen LogP contribution in [0.25, 0.3) is 0 Å². The van der Waals surface area contributed by atoms with Crippen molar-refractivity contribution in [2.24, 2.45) is 0 Å². The smallest absolute Gasteiger partial charge is 0.253 e. The lowest BCUT2D eigenvalue weighted by Crippen LogP contribution is -2.30. The van der Waals surface area contributed by atoms with Crippen LogP contribution < -0.4 is 11.1 Å². The molecule has 0 aromatic heterocycles. The Bertz CT molecular complexity index is 475. The maximum Gasteiger partial charge on any atom is 0.253 e. The van der Waals surface area contributed by atoms with E-state index in [1.54, 1.807) is 6.92 Å². The van der Waals surface area contributed by atoms with Crippen LogP contribution in [0.5, 0.6) is 0 Å². The average molecular weight is 282 g/mol. The molecule has 2 unspecified atom stereocenters. The Kier molecular flexibility index (Phi) is 4.92. The van der Waals surface area contributed by atoms with Crippen LogP contribution in [0, 0.1) is 5.82 Å². The fraction of sp³-hybridized carbons (Fsp3) is 0.500. The number of carbonyl (C=O) groups excluding carboxylic acids is 1. The number of nitrogen functional groups attached to an aromatic ring is 1. The molecule has 0 saturated carbocycles. The lowest BCUT2D eigenvalue weighted by Gasteiger charge is -2.16. The van der Waals surface area contributed by atoms with Gasteiger partial charge in [-0.15, -0.1) is 0 Å². The first-order valence-electron chi connectivity index (χ1n) is 6.65. The molecule has 0 aliphatic carbocycles. The quantitative estimate of drug-likeness (QED) is 0.809. The zero-order valence-corrected chi connectivity index (χ0v) is 11.4. The van der Waals surface area contributed by atoms with Gasteiger partial charge in [0.15, 0.2) is 0 Å². The van der Waals surface area contributed by atoms with Crippen LogP contribution in [0.15, 0.2) is 18.2 Å². The normalized spacial score (nSPS) is 19.8. The SMILES string of the molecule is CC(OCC1CCCO1)C(=O)Nc1ccc(F)c(N)c1. The predicted octanol–water partition coefficient (Wildman–Crippen LogP) is 1.93. The van der Waals surface area contributed by atoms with Crippen molar-refractivity contribution in [3.8, 4) is 0 Å². The fourth-order valence-electron chi connectivity index (χ4n) is 1.97. The molecule has 2 atom stereocenters. The second-order valence-electron chi connectivity index (χ2n) is 4.84. The second-order valence-corrected chi connectivity index (χ2v) is 4.84. The van der Waals surface area contributed by atoms with Crippen molar-refractivity contribution >= 4 is 17.3 Å². The molecule has 1 fully saturated rings. The van der Waals surface area contributed by atoms with Crippen LogP contribution >= 0.6 is 0 Å². The molecule has 0 spiro atoms. The maximum atomic E-state index is 13.0. The molecular weight excluding hydrogens is 263 g/mol. The lowest BCUT2D eigenvalue weighted by atomic mass is 10.2. The Morgan fingerprint density at radius 2 is 2.45 bits per heavy atom. The number of carbonyl (C=O) groups is 1. The van der Waals surface area contributed by atoms with Crippen molar-refractivity contribution in [3.05, 3.63) is 24.0 Å². The number of nitrogens with one attached hydrogen (secondary N) is 1. The van der Waals surface area contributed by atoms with Crippen LogP contribution in [0.4, 0.5) is 15.8 Å². The zero-order valence-electron chi connectivity index (χ0n) is 11.4. The van der Waals surface area contributed by atoms with Crippen molar-refractivity contribution in [3.63, 3.8) is 0 Å². The number of rotatable bonds is 5. The molecular formula is C14H19FN2O3. The molecule has 6 heteroatoms. The van der Waals surface area contributed by atoms with Crippen molar-refractivity contribution < 1.29 is 18.7 Å². The van der Waals surface area contributed by atoms with Crippen LogP contribution in [0.2, 0.25) is 0 Å². The topological polar surface area (TPSA) is 73.6 Å². The fourth-order valence-corrected chi connectivity index (χ4v) is 1.97. The molecule has 1 heterocycles. The van der Waals surface area contributed by atoms with Crippen molar-refractivity contribution in [2.45, 2.75) is 32.0 Å². The Balaban J connectivity index is 1.81. The highest BCUT2D eigenvalue weighted by Crippen LogP contribution is 2.17. The molecule has 1 aromatic carbocycles. The standard InChI is InChI=1S/C14H19FN2O3/c1-9(20-8-11-3-2-6-19-11)14(18)17-10-4-5-12(15)13(16)7-10/h4-5,7,9,11H,2-3,6,8,16H2,1H3,(H,17,18). The van der Waals surface area contributed by atoms with E-state index in [-0.39, 0.29) is 17.7 Å². The third kappa shape index (κ3) is 3.91. The molecule has 1 aliphatic rings. The van der Waals surface area contributed by atoms with Gasteiger partial charge in [0.2, 0.25) is 0 Å². The van der Waals surface area contributed by atoms with Gasteiger partial charge in [0, 0.05) is 12.3 Å². The van der Waals surface area contributed by atoms with Gasteiger partial charge in [-0.3, -0.25) is 4.79 Å². The van der Waals surface area contributed by atoms with E-state index in [0.717, 1.165) is 19.4 Å². The first kappa shape index (κ1) is 14.7. The molecule has 1 amide bonds. The van der Waals surface area contributed by atoms with E-state index in [9.17, 15) is 9.18 Å². The van der Waals surface area contributed by atoms with Gasteiger partial charge in [-0.1, -0.05) is 0 Å². The summed E-state index contributed by atoms with van der Waals surface area (Å²) in [5, 5.41) is 2.63. The largest absolute Gasteiger partial charge is 0.396 e. The molecule has 0 bridgehead atoms. The van der Waals surface area contributed by atoms with Crippen LogP contribution in [-0.2, 0) is 14.3 Å². The Morgan fingerprint density at radius 1 is 1.65 bits per heavy atom. The number of nitrogens with two attached hydrogens (primary N) is 1. The molecule has 1 aromatic rings. The van der Waals surface area contributed by atoms with Gasteiger partial charge in [-0.25, -0.2) is 4.39 Å². The van der Waals surface area contributed by atoms with E-state index >= 15 is 0 Å². The molecule has 3 N–H and O–H groups in total. The summed E-state index contributed by atoms with van der Waals surface area (Å²) in [7, 11) is 0. The van der Waals surface area contributed by atoms with Gasteiger partial charge in [-0.2, -0.15) is 0 Å². The van der Waals surface area contributed by atoms with Gasteiger partial charge < -0.3 is 20.5 Å². The monoisotopic (exact) mass is 282 g/mol. The number of hydrogen-bond donors (Lipinski definition) is 2. The minimum atomic E-state index is -0.606. The first-order chi connectivity index (χ1) is 9.56. The molecule has 0 radical (unpaired) electrons. The minimum absolute atomic E-state index is 0.00396. The first-order valence-corrected chi connectivity index (χ1v) is 6.65. The van der Waals surface area contributed by atoms with Gasteiger partial charge in [0.1, 0.15) is 11.9 Å². The summed E-state index contributed by atoms with van der Waals surface area (Å²) in [5.74, 6) is -0.806. The molecule has 1 aliphatic heterocycles. The lowest BCUT2D eigenvalue weighted by molar-refractivity contribution is -0.128.